The molecule has 0 bridgehead atoms. The van der Waals surface area contributed by atoms with E-state index in [0.717, 1.165) is 5.56 Å². The fraction of sp³-hybridized carbons (Fsp3) is 0.452. The highest BCUT2D eigenvalue weighted by molar-refractivity contribution is 6.42. The number of H-pyrrole nitrogens is 1. The molecule has 1 saturated heterocycles. The number of aromatic nitrogens is 1. The third kappa shape index (κ3) is 7.32. The van der Waals surface area contributed by atoms with E-state index < -0.39 is 11.6 Å². The molecule has 8 heteroatoms. The zero-order chi connectivity index (χ0) is 29.3. The number of amides is 1. The van der Waals surface area contributed by atoms with Gasteiger partial charge in [-0.3, -0.25) is 19.3 Å². The lowest BCUT2D eigenvalue weighted by Gasteiger charge is -2.44. The molecule has 2 heterocycles. The number of benzene rings is 1. The van der Waals surface area contributed by atoms with E-state index in [1.807, 2.05) is 39.5 Å². The van der Waals surface area contributed by atoms with Gasteiger partial charge in [0, 0.05) is 67.9 Å². The number of Topliss-reactive ketones (excluding diaryl/α,β-unsaturated/α-hetero) is 2. The van der Waals surface area contributed by atoms with Gasteiger partial charge < -0.3 is 14.6 Å². The zero-order valence-corrected chi connectivity index (χ0v) is 24.4. The summed E-state index contributed by atoms with van der Waals surface area (Å²) in [6.07, 6.45) is 5.31. The Balaban J connectivity index is 0.00000127. The Morgan fingerprint density at radius 3 is 2.26 bits per heavy atom. The van der Waals surface area contributed by atoms with Gasteiger partial charge in [-0.25, -0.2) is 4.39 Å². The monoisotopic (exact) mass is 539 g/mol. The van der Waals surface area contributed by atoms with Gasteiger partial charge in [0.05, 0.1) is 18.2 Å². The summed E-state index contributed by atoms with van der Waals surface area (Å²) in [5, 5.41) is 1.23. The molecule has 1 aromatic carbocycles. The Hall–Kier alpha value is -3.52. The van der Waals surface area contributed by atoms with Gasteiger partial charge in [0.2, 0.25) is 5.78 Å². The van der Waals surface area contributed by atoms with Gasteiger partial charge in [-0.1, -0.05) is 45.9 Å². The largest absolute Gasteiger partial charge is 0.496 e. The van der Waals surface area contributed by atoms with E-state index in [4.69, 9.17) is 4.74 Å². The van der Waals surface area contributed by atoms with Crippen LogP contribution in [0.5, 0.6) is 0 Å². The summed E-state index contributed by atoms with van der Waals surface area (Å²) in [5.74, 6) is -1.04. The SMILES string of the molecule is CC.CC.COC1=C(C(=O)N2CC(C)N(Cc3ccc(F)cc3)CC2C)CC=c2c(C(=O)C(C)=O)c[nH]c2=C1. The first-order valence-corrected chi connectivity index (χ1v) is 13.7. The number of hydrogen-bond donors (Lipinski definition) is 1. The van der Waals surface area contributed by atoms with Crippen LogP contribution < -0.4 is 10.6 Å². The van der Waals surface area contributed by atoms with Crippen molar-refractivity contribution in [3.05, 3.63) is 69.3 Å². The minimum atomic E-state index is -0.569. The number of ketones is 2. The molecule has 0 saturated carbocycles. The van der Waals surface area contributed by atoms with Crippen LogP contribution in [0, 0.1) is 5.82 Å². The van der Waals surface area contributed by atoms with Gasteiger partial charge in [0.25, 0.3) is 5.91 Å². The molecule has 39 heavy (non-hydrogen) atoms. The highest BCUT2D eigenvalue weighted by atomic mass is 19.1. The van der Waals surface area contributed by atoms with Gasteiger partial charge >= 0.3 is 0 Å². The lowest BCUT2D eigenvalue weighted by Crippen LogP contribution is -2.58. The topological polar surface area (TPSA) is 82.7 Å². The van der Waals surface area contributed by atoms with Crippen molar-refractivity contribution in [1.29, 1.82) is 0 Å². The molecule has 0 spiro atoms. The van der Waals surface area contributed by atoms with Crippen LogP contribution in [0.4, 0.5) is 4.39 Å². The fourth-order valence-electron chi connectivity index (χ4n) is 4.76. The van der Waals surface area contributed by atoms with Crippen LogP contribution in [0.1, 0.15) is 70.8 Å². The summed E-state index contributed by atoms with van der Waals surface area (Å²) in [6, 6.07) is 6.57. The highest BCUT2D eigenvalue weighted by Crippen LogP contribution is 2.24. The first-order valence-electron chi connectivity index (χ1n) is 13.7. The number of carbonyl (C=O) groups excluding carboxylic acids is 3. The molecule has 2 unspecified atom stereocenters. The number of ether oxygens (including phenoxy) is 1. The average Bonchev–Trinajstić information content (AvgIpc) is 3.24. The number of nitrogens with one attached hydrogen (secondary N) is 1. The van der Waals surface area contributed by atoms with Crippen molar-refractivity contribution in [2.45, 2.75) is 73.5 Å². The second-order valence-corrected chi connectivity index (χ2v) is 9.23. The summed E-state index contributed by atoms with van der Waals surface area (Å²) in [7, 11) is 1.52. The van der Waals surface area contributed by atoms with Gasteiger partial charge in [0.1, 0.15) is 11.6 Å². The summed E-state index contributed by atoms with van der Waals surface area (Å²) >= 11 is 0. The molecule has 2 aromatic rings. The molecule has 2 aliphatic rings. The number of piperazine rings is 1. The quantitative estimate of drug-likeness (QED) is 0.444. The number of halogens is 1. The lowest BCUT2D eigenvalue weighted by atomic mass is 10.0. The van der Waals surface area contributed by atoms with Crippen LogP contribution in [-0.2, 0) is 20.9 Å². The van der Waals surface area contributed by atoms with Crippen molar-refractivity contribution < 1.29 is 23.5 Å². The Kier molecular flexibility index (Phi) is 11.9. The van der Waals surface area contributed by atoms with Crippen molar-refractivity contribution in [1.82, 2.24) is 14.8 Å². The molecular weight excluding hydrogens is 497 g/mol. The molecule has 4 rings (SSSR count). The second kappa shape index (κ2) is 14.6. The van der Waals surface area contributed by atoms with E-state index in [9.17, 15) is 18.8 Å². The van der Waals surface area contributed by atoms with E-state index >= 15 is 0 Å². The average molecular weight is 540 g/mol. The molecular formula is C31H42FN3O4. The molecule has 7 nitrogen and oxygen atoms in total. The Morgan fingerprint density at radius 1 is 1.03 bits per heavy atom. The number of rotatable bonds is 6. The predicted molar refractivity (Wildman–Crippen MR) is 153 cm³/mol. The highest BCUT2D eigenvalue weighted by Gasteiger charge is 2.34. The van der Waals surface area contributed by atoms with Gasteiger partial charge in [0.15, 0.2) is 5.78 Å². The number of fused-ring (bicyclic) bond motifs is 1. The fourth-order valence-corrected chi connectivity index (χ4v) is 4.76. The molecule has 212 valence electrons. The Morgan fingerprint density at radius 2 is 1.67 bits per heavy atom. The molecule has 1 aliphatic carbocycles. The first kappa shape index (κ1) is 31.7. The number of allylic oxidation sites excluding steroid dienone is 1. The van der Waals surface area contributed by atoms with Crippen LogP contribution in [0.15, 0.2) is 41.8 Å². The van der Waals surface area contributed by atoms with Crippen LogP contribution in [0.2, 0.25) is 0 Å². The van der Waals surface area contributed by atoms with Gasteiger partial charge in [-0.05, 0) is 31.5 Å². The van der Waals surface area contributed by atoms with E-state index in [-0.39, 0.29) is 30.2 Å². The molecule has 1 aliphatic heterocycles. The zero-order valence-electron chi connectivity index (χ0n) is 24.4. The molecule has 0 radical (unpaired) electrons. The van der Waals surface area contributed by atoms with E-state index in [2.05, 4.69) is 16.8 Å². The van der Waals surface area contributed by atoms with Crippen LogP contribution >= 0.6 is 0 Å². The maximum atomic E-state index is 13.7. The van der Waals surface area contributed by atoms with Crippen molar-refractivity contribution in [2.24, 2.45) is 0 Å². The minimum Gasteiger partial charge on any atom is -0.496 e. The van der Waals surface area contributed by atoms with Crippen molar-refractivity contribution >= 4 is 29.6 Å². The van der Waals surface area contributed by atoms with Crippen molar-refractivity contribution in [3.8, 4) is 0 Å². The maximum Gasteiger partial charge on any atom is 0.254 e. The number of carbonyl (C=O) groups is 3. The summed E-state index contributed by atoms with van der Waals surface area (Å²) in [6.45, 7) is 15.3. The van der Waals surface area contributed by atoms with Gasteiger partial charge in [-0.15, -0.1) is 0 Å². The third-order valence-corrected chi connectivity index (χ3v) is 6.75. The molecule has 2 atom stereocenters. The lowest BCUT2D eigenvalue weighted by molar-refractivity contribution is -0.133. The van der Waals surface area contributed by atoms with E-state index in [0.29, 0.717) is 47.1 Å². The standard InChI is InChI=1S/C27H30FN3O4.2C2H6/c1-16-14-31(17(2)13-30(16)15-19-5-7-20(28)8-6-19)27(34)22-10-9-21-23(26(33)18(3)32)12-29-24(21)11-25(22)35-4;2*1-2/h5-9,11-12,16-17,29H,10,13-15H2,1-4H3;2*1-2H3. The molecule has 1 N–H and O–H groups in total. The Bertz CT molecular complexity index is 1310. The number of nitrogens with zero attached hydrogens (tertiary/aromatic N) is 2. The molecule has 1 aromatic heterocycles. The van der Waals surface area contributed by atoms with Crippen LogP contribution in [0.3, 0.4) is 0 Å². The minimum absolute atomic E-state index is 0.0410. The Labute approximate surface area is 231 Å². The van der Waals surface area contributed by atoms with E-state index in [1.165, 1.54) is 32.4 Å². The van der Waals surface area contributed by atoms with Crippen molar-refractivity contribution in [3.63, 3.8) is 0 Å². The summed E-state index contributed by atoms with van der Waals surface area (Å²) in [4.78, 5) is 44.8. The van der Waals surface area contributed by atoms with Gasteiger partial charge in [-0.2, -0.15) is 0 Å². The predicted octanol–water partition coefficient (Wildman–Crippen LogP) is 3.96. The number of hydrogen-bond acceptors (Lipinski definition) is 5. The normalized spacial score (nSPS) is 18.6. The molecule has 1 amide bonds. The summed E-state index contributed by atoms with van der Waals surface area (Å²) in [5.41, 5.74) is 1.83. The second-order valence-electron chi connectivity index (χ2n) is 9.23. The molecule has 1 fully saturated rings. The third-order valence-electron chi connectivity index (χ3n) is 6.75. The van der Waals surface area contributed by atoms with Crippen LogP contribution in [0.25, 0.3) is 12.2 Å². The number of methoxy groups -OCH3 is 1. The van der Waals surface area contributed by atoms with E-state index in [1.54, 1.807) is 24.3 Å². The van der Waals surface area contributed by atoms with Crippen LogP contribution in [-0.4, -0.2) is 64.5 Å². The summed E-state index contributed by atoms with van der Waals surface area (Å²) < 4.78 is 18.8. The van der Waals surface area contributed by atoms with Crippen molar-refractivity contribution in [2.75, 3.05) is 20.2 Å². The first-order chi connectivity index (χ1) is 18.7. The number of aromatic amines is 1. The maximum absolute atomic E-state index is 13.7. The smallest absolute Gasteiger partial charge is 0.254 e.